The highest BCUT2D eigenvalue weighted by Gasteiger charge is 2.22. The molecule has 0 aromatic heterocycles. The number of amides is 1. The molecule has 0 saturated carbocycles. The fourth-order valence-electron chi connectivity index (χ4n) is 2.70. The fraction of sp³-hybridized carbons (Fsp3) is 0.562. The predicted molar refractivity (Wildman–Crippen MR) is 97.6 cm³/mol. The summed E-state index contributed by atoms with van der Waals surface area (Å²) in [6.07, 6.45) is 3.14. The zero-order valence-corrected chi connectivity index (χ0v) is 15.0. The van der Waals surface area contributed by atoms with Crippen molar-refractivity contribution in [3.05, 3.63) is 29.8 Å². The van der Waals surface area contributed by atoms with Crippen LogP contribution >= 0.6 is 24.8 Å². The number of carbonyl (C=O) groups is 1. The number of likely N-dealkylation sites (tertiary alicyclic amines) is 1. The van der Waals surface area contributed by atoms with E-state index in [1.165, 1.54) is 0 Å². The first-order valence-electron chi connectivity index (χ1n) is 7.48. The standard InChI is InChI=1S/C16H25N3O.2ClH/c1-3-10-18(2)15-8-6-13(7-9-15)16(20)19-11-4-5-14(17)12-19;;/h6-9,14H,3-5,10-12,17H2,1-2H3;2*1H. The van der Waals surface area contributed by atoms with Crippen LogP contribution in [-0.2, 0) is 0 Å². The number of hydrogen-bond donors (Lipinski definition) is 1. The first-order valence-corrected chi connectivity index (χ1v) is 7.48. The van der Waals surface area contributed by atoms with Crippen LogP contribution in [0.15, 0.2) is 24.3 Å². The van der Waals surface area contributed by atoms with Crippen LogP contribution in [0.1, 0.15) is 36.5 Å². The quantitative estimate of drug-likeness (QED) is 0.910. The molecule has 0 bridgehead atoms. The van der Waals surface area contributed by atoms with E-state index in [2.05, 4.69) is 18.9 Å². The maximum atomic E-state index is 12.4. The highest BCUT2D eigenvalue weighted by atomic mass is 35.5. The van der Waals surface area contributed by atoms with E-state index in [0.717, 1.165) is 43.6 Å². The van der Waals surface area contributed by atoms with Crippen LogP contribution in [0.25, 0.3) is 0 Å². The van der Waals surface area contributed by atoms with E-state index in [-0.39, 0.29) is 36.8 Å². The van der Waals surface area contributed by atoms with E-state index < -0.39 is 0 Å². The third-order valence-electron chi connectivity index (χ3n) is 3.86. The van der Waals surface area contributed by atoms with Crippen molar-refractivity contribution < 1.29 is 4.79 Å². The van der Waals surface area contributed by atoms with E-state index in [0.29, 0.717) is 6.54 Å². The molecule has 2 rings (SSSR count). The van der Waals surface area contributed by atoms with Crippen LogP contribution in [0, 0.1) is 0 Å². The lowest BCUT2D eigenvalue weighted by Crippen LogP contribution is -2.45. The van der Waals surface area contributed by atoms with Gasteiger partial charge in [-0.15, -0.1) is 24.8 Å². The minimum Gasteiger partial charge on any atom is -0.375 e. The van der Waals surface area contributed by atoms with E-state index in [1.807, 2.05) is 29.2 Å². The second-order valence-electron chi connectivity index (χ2n) is 5.62. The average molecular weight is 348 g/mol. The molecule has 6 heteroatoms. The van der Waals surface area contributed by atoms with Gasteiger partial charge in [-0.1, -0.05) is 6.92 Å². The van der Waals surface area contributed by atoms with Crippen molar-refractivity contribution >= 4 is 36.4 Å². The first-order chi connectivity index (χ1) is 9.61. The highest BCUT2D eigenvalue weighted by Crippen LogP contribution is 2.17. The minimum atomic E-state index is 0. The zero-order chi connectivity index (χ0) is 14.5. The van der Waals surface area contributed by atoms with Gasteiger partial charge in [0.2, 0.25) is 0 Å². The number of benzene rings is 1. The molecule has 1 aliphatic heterocycles. The van der Waals surface area contributed by atoms with E-state index in [9.17, 15) is 4.79 Å². The number of rotatable bonds is 4. The number of halogens is 2. The molecule has 1 heterocycles. The van der Waals surface area contributed by atoms with Gasteiger partial charge in [0.25, 0.3) is 5.91 Å². The van der Waals surface area contributed by atoms with Crippen LogP contribution < -0.4 is 10.6 Å². The molecule has 0 aliphatic carbocycles. The summed E-state index contributed by atoms with van der Waals surface area (Å²) < 4.78 is 0. The Kier molecular flexibility index (Phi) is 9.49. The van der Waals surface area contributed by atoms with Gasteiger partial charge < -0.3 is 15.5 Å². The van der Waals surface area contributed by atoms with Crippen molar-refractivity contribution in [1.29, 1.82) is 0 Å². The minimum absolute atomic E-state index is 0. The summed E-state index contributed by atoms with van der Waals surface area (Å²) in [5, 5.41) is 0. The number of hydrogen-bond acceptors (Lipinski definition) is 3. The Morgan fingerprint density at radius 2 is 1.95 bits per heavy atom. The second kappa shape index (κ2) is 9.93. The maximum absolute atomic E-state index is 12.4. The van der Waals surface area contributed by atoms with Crippen molar-refractivity contribution in [2.24, 2.45) is 5.73 Å². The summed E-state index contributed by atoms with van der Waals surface area (Å²) in [7, 11) is 2.07. The van der Waals surface area contributed by atoms with Gasteiger partial charge in [0.15, 0.2) is 0 Å². The number of carbonyl (C=O) groups excluding carboxylic acids is 1. The van der Waals surface area contributed by atoms with E-state index >= 15 is 0 Å². The van der Waals surface area contributed by atoms with Crippen molar-refractivity contribution in [1.82, 2.24) is 4.90 Å². The molecule has 0 radical (unpaired) electrons. The second-order valence-corrected chi connectivity index (χ2v) is 5.62. The van der Waals surface area contributed by atoms with Gasteiger partial charge in [-0.2, -0.15) is 0 Å². The lowest BCUT2D eigenvalue weighted by molar-refractivity contribution is 0.0709. The Hall–Kier alpha value is -0.970. The van der Waals surface area contributed by atoms with Gasteiger partial charge >= 0.3 is 0 Å². The maximum Gasteiger partial charge on any atom is 0.253 e. The lowest BCUT2D eigenvalue weighted by atomic mass is 10.1. The predicted octanol–water partition coefficient (Wildman–Crippen LogP) is 2.94. The number of piperidine rings is 1. The molecule has 22 heavy (non-hydrogen) atoms. The molecular weight excluding hydrogens is 321 g/mol. The van der Waals surface area contributed by atoms with Crippen molar-refractivity contribution in [2.75, 3.05) is 31.6 Å². The third-order valence-corrected chi connectivity index (χ3v) is 3.86. The SMILES string of the molecule is CCCN(C)c1ccc(C(=O)N2CCCC(N)C2)cc1.Cl.Cl. The number of nitrogens with two attached hydrogens (primary N) is 1. The summed E-state index contributed by atoms with van der Waals surface area (Å²) in [4.78, 5) is 16.5. The van der Waals surface area contributed by atoms with Gasteiger partial charge in [-0.05, 0) is 43.5 Å². The summed E-state index contributed by atoms with van der Waals surface area (Å²) >= 11 is 0. The molecular formula is C16H27Cl2N3O. The molecule has 1 aliphatic rings. The van der Waals surface area contributed by atoms with Crippen LogP contribution in [0.3, 0.4) is 0 Å². The molecule has 2 N–H and O–H groups in total. The Labute approximate surface area is 145 Å². The molecule has 4 nitrogen and oxygen atoms in total. The molecule has 126 valence electrons. The van der Waals surface area contributed by atoms with Gasteiger partial charge in [0.1, 0.15) is 0 Å². The van der Waals surface area contributed by atoms with Crippen molar-refractivity contribution in [3.8, 4) is 0 Å². The van der Waals surface area contributed by atoms with Crippen molar-refractivity contribution in [3.63, 3.8) is 0 Å². The zero-order valence-electron chi connectivity index (χ0n) is 13.3. The Balaban J connectivity index is 0.00000220. The van der Waals surface area contributed by atoms with Gasteiger partial charge in [0, 0.05) is 44.0 Å². The van der Waals surface area contributed by atoms with Gasteiger partial charge in [-0.3, -0.25) is 4.79 Å². The topological polar surface area (TPSA) is 49.6 Å². The largest absolute Gasteiger partial charge is 0.375 e. The third kappa shape index (κ3) is 5.34. The van der Waals surface area contributed by atoms with Crippen LogP contribution in [0.4, 0.5) is 5.69 Å². The monoisotopic (exact) mass is 347 g/mol. The summed E-state index contributed by atoms with van der Waals surface area (Å²) in [6.45, 7) is 4.68. The highest BCUT2D eigenvalue weighted by molar-refractivity contribution is 5.94. The van der Waals surface area contributed by atoms with Gasteiger partial charge in [0.05, 0.1) is 0 Å². The van der Waals surface area contributed by atoms with E-state index in [4.69, 9.17) is 5.73 Å². The fourth-order valence-corrected chi connectivity index (χ4v) is 2.70. The Morgan fingerprint density at radius 3 is 2.50 bits per heavy atom. The van der Waals surface area contributed by atoms with Crippen LogP contribution in [0.5, 0.6) is 0 Å². The Morgan fingerprint density at radius 1 is 1.32 bits per heavy atom. The number of nitrogens with zero attached hydrogens (tertiary/aromatic N) is 2. The van der Waals surface area contributed by atoms with Crippen LogP contribution in [0.2, 0.25) is 0 Å². The molecule has 0 spiro atoms. The summed E-state index contributed by atoms with van der Waals surface area (Å²) in [6, 6.07) is 8.01. The summed E-state index contributed by atoms with van der Waals surface area (Å²) in [5.41, 5.74) is 7.85. The molecule has 1 aromatic rings. The average Bonchev–Trinajstić information content (AvgIpc) is 2.47. The molecule has 1 aromatic carbocycles. The van der Waals surface area contributed by atoms with Crippen LogP contribution in [-0.4, -0.2) is 43.5 Å². The molecule has 1 amide bonds. The molecule has 1 fully saturated rings. The summed E-state index contributed by atoms with van der Waals surface area (Å²) in [5.74, 6) is 0.102. The normalized spacial score (nSPS) is 17.2. The molecule has 1 atom stereocenters. The first kappa shape index (κ1) is 21.0. The smallest absolute Gasteiger partial charge is 0.253 e. The molecule has 1 saturated heterocycles. The number of anilines is 1. The molecule has 1 unspecified atom stereocenters. The van der Waals surface area contributed by atoms with Gasteiger partial charge in [-0.25, -0.2) is 0 Å². The van der Waals surface area contributed by atoms with Crippen molar-refractivity contribution in [2.45, 2.75) is 32.2 Å². The Bertz CT molecular complexity index is 453. The lowest BCUT2D eigenvalue weighted by Gasteiger charge is -2.31. The van der Waals surface area contributed by atoms with E-state index in [1.54, 1.807) is 0 Å².